The Kier molecular flexibility index (Phi) is 4.49. The lowest BCUT2D eigenvalue weighted by molar-refractivity contribution is 0.627. The first kappa shape index (κ1) is 16.8. The molecule has 0 bridgehead atoms. The molecule has 132 valence electrons. The summed E-state index contributed by atoms with van der Waals surface area (Å²) in [6, 6.07) is 15.2. The Morgan fingerprint density at radius 2 is 1.92 bits per heavy atom. The number of nitrogens with one attached hydrogen (secondary N) is 2. The number of halogens is 1. The number of aryl methyl sites for hydroxylation is 1. The Morgan fingerprint density at radius 3 is 2.77 bits per heavy atom. The van der Waals surface area contributed by atoms with Gasteiger partial charge in [-0.2, -0.15) is 5.10 Å². The number of benzene rings is 2. The fourth-order valence-electron chi connectivity index (χ4n) is 3.27. The lowest BCUT2D eigenvalue weighted by Crippen LogP contribution is -2.16. The molecule has 2 aromatic carbocycles. The summed E-state index contributed by atoms with van der Waals surface area (Å²) in [5.41, 5.74) is 3.59. The van der Waals surface area contributed by atoms with Gasteiger partial charge in [-0.3, -0.25) is 9.48 Å². The van der Waals surface area contributed by atoms with Crippen molar-refractivity contribution in [3.05, 3.63) is 75.2 Å². The normalized spacial score (nSPS) is 11.5. The fraction of sp³-hybridized carbons (Fsp3) is 0.200. The number of pyridine rings is 1. The van der Waals surface area contributed by atoms with Gasteiger partial charge in [-0.15, -0.1) is 0 Å². The van der Waals surface area contributed by atoms with E-state index in [1.54, 1.807) is 24.3 Å². The van der Waals surface area contributed by atoms with Crippen molar-refractivity contribution in [2.75, 3.05) is 0 Å². The zero-order valence-corrected chi connectivity index (χ0v) is 15.2. The van der Waals surface area contributed by atoms with Crippen LogP contribution in [0, 0.1) is 0 Å². The number of hydrogen-bond donors (Lipinski definition) is 2. The van der Waals surface area contributed by atoms with Crippen LogP contribution in [0.25, 0.3) is 21.8 Å². The molecule has 2 heterocycles. The summed E-state index contributed by atoms with van der Waals surface area (Å²) >= 11 is 6.21. The molecule has 2 N–H and O–H groups in total. The Hall–Kier alpha value is -2.63. The second-order valence-electron chi connectivity index (χ2n) is 6.20. The average molecular weight is 367 g/mol. The fourth-order valence-corrected chi connectivity index (χ4v) is 3.49. The molecule has 0 saturated carbocycles. The molecular formula is C20H19ClN4O. The largest absolute Gasteiger partial charge is 0.356 e. The van der Waals surface area contributed by atoms with E-state index in [-0.39, 0.29) is 5.43 Å². The van der Waals surface area contributed by atoms with Gasteiger partial charge in [0.2, 0.25) is 0 Å². The van der Waals surface area contributed by atoms with E-state index >= 15 is 0 Å². The van der Waals surface area contributed by atoms with Crippen molar-refractivity contribution in [3.8, 4) is 0 Å². The summed E-state index contributed by atoms with van der Waals surface area (Å²) in [6.45, 7) is 4.07. The minimum absolute atomic E-state index is 0.0289. The molecule has 4 rings (SSSR count). The highest BCUT2D eigenvalue weighted by Gasteiger charge is 2.09. The van der Waals surface area contributed by atoms with Crippen LogP contribution in [0.5, 0.6) is 0 Å². The van der Waals surface area contributed by atoms with E-state index in [9.17, 15) is 4.79 Å². The Balaban J connectivity index is 1.56. The monoisotopic (exact) mass is 366 g/mol. The van der Waals surface area contributed by atoms with Crippen LogP contribution in [0.1, 0.15) is 18.3 Å². The molecule has 0 aliphatic heterocycles. The summed E-state index contributed by atoms with van der Waals surface area (Å²) in [7, 11) is 0. The quantitative estimate of drug-likeness (QED) is 0.564. The van der Waals surface area contributed by atoms with Gasteiger partial charge >= 0.3 is 0 Å². The molecular weight excluding hydrogens is 348 g/mol. The van der Waals surface area contributed by atoms with Crippen molar-refractivity contribution in [2.45, 2.75) is 26.6 Å². The van der Waals surface area contributed by atoms with Crippen LogP contribution in [-0.2, 0) is 19.6 Å². The van der Waals surface area contributed by atoms with E-state index in [1.807, 2.05) is 16.8 Å². The number of fused-ring (bicyclic) bond motifs is 2. The third-order valence-electron chi connectivity index (χ3n) is 4.51. The molecule has 2 aromatic heterocycles. The number of aromatic nitrogens is 3. The van der Waals surface area contributed by atoms with Crippen molar-refractivity contribution >= 4 is 33.4 Å². The highest BCUT2D eigenvalue weighted by molar-refractivity contribution is 6.35. The number of para-hydroxylation sites is 2. The summed E-state index contributed by atoms with van der Waals surface area (Å²) in [5, 5.41) is 10.4. The zero-order chi connectivity index (χ0) is 18.1. The minimum Gasteiger partial charge on any atom is -0.356 e. The van der Waals surface area contributed by atoms with Crippen LogP contribution < -0.4 is 10.7 Å². The average Bonchev–Trinajstić information content (AvgIpc) is 3.01. The first-order chi connectivity index (χ1) is 12.7. The van der Waals surface area contributed by atoms with Crippen LogP contribution in [0.15, 0.2) is 53.3 Å². The molecule has 0 amide bonds. The SMILES string of the molecule is CCn1nc(CNCc2cc(=O)c3cccc(Cl)c3[nH]2)c2ccccc21. The molecule has 5 nitrogen and oxygen atoms in total. The molecule has 0 radical (unpaired) electrons. The van der Waals surface area contributed by atoms with E-state index in [2.05, 4.69) is 34.5 Å². The molecule has 6 heteroatoms. The second-order valence-corrected chi connectivity index (χ2v) is 6.61. The molecule has 0 unspecified atom stereocenters. The number of aromatic amines is 1. The Labute approximate surface area is 155 Å². The first-order valence-corrected chi connectivity index (χ1v) is 9.00. The van der Waals surface area contributed by atoms with Crippen LogP contribution in [-0.4, -0.2) is 14.8 Å². The molecule has 0 saturated heterocycles. The van der Waals surface area contributed by atoms with Gasteiger partial charge in [0.05, 0.1) is 21.7 Å². The van der Waals surface area contributed by atoms with Crippen LogP contribution >= 0.6 is 11.6 Å². The molecule has 0 aliphatic carbocycles. The highest BCUT2D eigenvalue weighted by atomic mass is 35.5. The van der Waals surface area contributed by atoms with Crippen molar-refractivity contribution in [2.24, 2.45) is 0 Å². The summed E-state index contributed by atoms with van der Waals surface area (Å²) in [6.07, 6.45) is 0. The van der Waals surface area contributed by atoms with Crippen molar-refractivity contribution in [1.29, 1.82) is 0 Å². The highest BCUT2D eigenvalue weighted by Crippen LogP contribution is 2.20. The van der Waals surface area contributed by atoms with Crippen molar-refractivity contribution < 1.29 is 0 Å². The number of nitrogens with zero attached hydrogens (tertiary/aromatic N) is 2. The Morgan fingerprint density at radius 1 is 1.12 bits per heavy atom. The predicted molar refractivity (Wildman–Crippen MR) is 106 cm³/mol. The lowest BCUT2D eigenvalue weighted by Gasteiger charge is -2.07. The van der Waals surface area contributed by atoms with Crippen LogP contribution in [0.2, 0.25) is 5.02 Å². The van der Waals surface area contributed by atoms with Gasteiger partial charge in [0.15, 0.2) is 5.43 Å². The van der Waals surface area contributed by atoms with Crippen molar-refractivity contribution in [3.63, 3.8) is 0 Å². The smallest absolute Gasteiger partial charge is 0.189 e. The topological polar surface area (TPSA) is 62.7 Å². The van der Waals surface area contributed by atoms with Gasteiger partial charge < -0.3 is 10.3 Å². The van der Waals surface area contributed by atoms with Crippen molar-refractivity contribution in [1.82, 2.24) is 20.1 Å². The second kappa shape index (κ2) is 6.94. The van der Waals surface area contributed by atoms with Crippen LogP contribution in [0.4, 0.5) is 0 Å². The van der Waals surface area contributed by atoms with Crippen LogP contribution in [0.3, 0.4) is 0 Å². The van der Waals surface area contributed by atoms with Gasteiger partial charge in [-0.25, -0.2) is 0 Å². The first-order valence-electron chi connectivity index (χ1n) is 8.63. The summed E-state index contributed by atoms with van der Waals surface area (Å²) in [5.74, 6) is 0. The number of hydrogen-bond acceptors (Lipinski definition) is 3. The summed E-state index contributed by atoms with van der Waals surface area (Å²) < 4.78 is 2.00. The van der Waals surface area contributed by atoms with E-state index in [0.717, 1.165) is 28.8 Å². The number of rotatable bonds is 5. The van der Waals surface area contributed by atoms with Gasteiger partial charge in [-0.1, -0.05) is 35.9 Å². The molecule has 26 heavy (non-hydrogen) atoms. The van der Waals surface area contributed by atoms with Gasteiger partial charge in [0.25, 0.3) is 0 Å². The molecule has 4 aromatic rings. The van der Waals surface area contributed by atoms with E-state index in [0.29, 0.717) is 29.0 Å². The number of H-pyrrole nitrogens is 1. The third-order valence-corrected chi connectivity index (χ3v) is 4.83. The lowest BCUT2D eigenvalue weighted by atomic mass is 10.2. The molecule has 0 atom stereocenters. The van der Waals surface area contributed by atoms with Gasteiger partial charge in [0, 0.05) is 42.2 Å². The maximum absolute atomic E-state index is 12.3. The minimum atomic E-state index is -0.0289. The van der Waals surface area contributed by atoms with E-state index in [1.165, 1.54) is 0 Å². The molecule has 0 aliphatic rings. The van der Waals surface area contributed by atoms with Gasteiger partial charge in [-0.05, 0) is 25.1 Å². The predicted octanol–water partition coefficient (Wildman–Crippen LogP) is 3.84. The maximum Gasteiger partial charge on any atom is 0.189 e. The van der Waals surface area contributed by atoms with Gasteiger partial charge in [0.1, 0.15) is 0 Å². The third kappa shape index (κ3) is 3.00. The molecule has 0 spiro atoms. The standard InChI is InChI=1S/C20H19ClN4O/c1-2-25-18-9-4-3-6-14(18)17(24-25)12-22-11-13-10-19(26)15-7-5-8-16(21)20(15)23-13/h3-10,22H,2,11-12H2,1H3,(H,23,26). The Bertz CT molecular complexity index is 1150. The molecule has 0 fully saturated rings. The van der Waals surface area contributed by atoms with E-state index < -0.39 is 0 Å². The zero-order valence-electron chi connectivity index (χ0n) is 14.4. The summed E-state index contributed by atoms with van der Waals surface area (Å²) in [4.78, 5) is 15.5. The maximum atomic E-state index is 12.3. The van der Waals surface area contributed by atoms with E-state index in [4.69, 9.17) is 11.6 Å².